The van der Waals surface area contributed by atoms with Gasteiger partial charge in [0.1, 0.15) is 0 Å². The van der Waals surface area contributed by atoms with Crippen LogP contribution >= 0.6 is 0 Å². The van der Waals surface area contributed by atoms with E-state index in [-0.39, 0.29) is 0 Å². The van der Waals surface area contributed by atoms with Crippen LogP contribution < -0.4 is 10.2 Å². The molecule has 0 aliphatic rings. The first-order valence-electron chi connectivity index (χ1n) is 4.36. The van der Waals surface area contributed by atoms with E-state index in [0.29, 0.717) is 0 Å². The molecule has 0 aromatic heterocycles. The van der Waals surface area contributed by atoms with Gasteiger partial charge in [0.15, 0.2) is 0 Å². The van der Waals surface area contributed by atoms with Crippen molar-refractivity contribution in [1.82, 2.24) is 0 Å². The van der Waals surface area contributed by atoms with Crippen LogP contribution in [0.1, 0.15) is 0 Å². The van der Waals surface area contributed by atoms with Crippen molar-refractivity contribution < 1.29 is 0 Å². The van der Waals surface area contributed by atoms with Gasteiger partial charge in [0.25, 0.3) is 0 Å². The summed E-state index contributed by atoms with van der Waals surface area (Å²) in [6, 6.07) is 8.31. The Morgan fingerprint density at radius 2 is 1.92 bits per heavy atom. The summed E-state index contributed by atoms with van der Waals surface area (Å²) in [4.78, 5) is 2.08. The minimum absolute atomic E-state index is 0.807. The number of hydrogen-bond acceptors (Lipinski definition) is 2. The van der Waals surface area contributed by atoms with Gasteiger partial charge in [0.05, 0.1) is 0 Å². The summed E-state index contributed by atoms with van der Waals surface area (Å²) in [7, 11) is 4.07. The van der Waals surface area contributed by atoms with Crippen LogP contribution in [0.2, 0.25) is 0 Å². The number of hydrogen-bond donors (Lipinski definition) is 1. The van der Waals surface area contributed by atoms with E-state index in [9.17, 15) is 0 Å². The van der Waals surface area contributed by atoms with Crippen molar-refractivity contribution >= 4 is 11.4 Å². The van der Waals surface area contributed by atoms with Crippen LogP contribution in [-0.4, -0.2) is 20.6 Å². The smallest absolute Gasteiger partial charge is 0.0362 e. The molecule has 0 aliphatic heterocycles. The minimum Gasteiger partial charge on any atom is -0.382 e. The first-order valence-corrected chi connectivity index (χ1v) is 4.36. The fourth-order valence-corrected chi connectivity index (χ4v) is 1.07. The highest BCUT2D eigenvalue weighted by Crippen LogP contribution is 2.15. The molecule has 0 atom stereocenters. The molecule has 1 N–H and O–H groups in total. The van der Waals surface area contributed by atoms with E-state index >= 15 is 0 Å². The molecule has 0 amide bonds. The zero-order valence-corrected chi connectivity index (χ0v) is 8.25. The van der Waals surface area contributed by atoms with Crippen LogP contribution in [0.15, 0.2) is 36.9 Å². The summed E-state index contributed by atoms with van der Waals surface area (Å²) in [5.74, 6) is 0. The van der Waals surface area contributed by atoms with Gasteiger partial charge in [0, 0.05) is 32.0 Å². The summed E-state index contributed by atoms with van der Waals surface area (Å²) < 4.78 is 0. The van der Waals surface area contributed by atoms with E-state index in [4.69, 9.17) is 0 Å². The summed E-state index contributed by atoms with van der Waals surface area (Å²) in [5, 5.41) is 3.22. The molecule has 13 heavy (non-hydrogen) atoms. The van der Waals surface area contributed by atoms with Crippen molar-refractivity contribution in [3.05, 3.63) is 36.9 Å². The third-order valence-electron chi connectivity index (χ3n) is 1.83. The largest absolute Gasteiger partial charge is 0.382 e. The SMILES string of the molecule is C=CCNc1ccc(N(C)C)cc1. The van der Waals surface area contributed by atoms with Gasteiger partial charge in [-0.05, 0) is 24.3 Å². The molecule has 0 heterocycles. The van der Waals surface area contributed by atoms with Crippen molar-refractivity contribution in [1.29, 1.82) is 0 Å². The highest BCUT2D eigenvalue weighted by Gasteiger charge is 1.93. The molecule has 2 heteroatoms. The molecule has 1 aromatic carbocycles. The van der Waals surface area contributed by atoms with Crippen LogP contribution in [0, 0.1) is 0 Å². The number of rotatable bonds is 4. The summed E-state index contributed by atoms with van der Waals surface area (Å²) >= 11 is 0. The fourth-order valence-electron chi connectivity index (χ4n) is 1.07. The van der Waals surface area contributed by atoms with Crippen LogP contribution in [0.3, 0.4) is 0 Å². The summed E-state index contributed by atoms with van der Waals surface area (Å²) in [5.41, 5.74) is 2.34. The van der Waals surface area contributed by atoms with E-state index in [1.165, 1.54) is 5.69 Å². The molecule has 0 aliphatic carbocycles. The molecular formula is C11H16N2. The van der Waals surface area contributed by atoms with Gasteiger partial charge in [-0.15, -0.1) is 6.58 Å². The predicted octanol–water partition coefficient (Wildman–Crippen LogP) is 2.35. The Morgan fingerprint density at radius 3 is 2.38 bits per heavy atom. The maximum absolute atomic E-state index is 3.65. The summed E-state index contributed by atoms with van der Waals surface area (Å²) in [6.07, 6.45) is 1.85. The Bertz CT molecular complexity index is 262. The molecule has 0 saturated carbocycles. The van der Waals surface area contributed by atoms with Gasteiger partial charge in [-0.3, -0.25) is 0 Å². The van der Waals surface area contributed by atoms with E-state index < -0.39 is 0 Å². The standard InChI is InChI=1S/C11H16N2/c1-4-9-12-10-5-7-11(8-6-10)13(2)3/h4-8,12H,1,9H2,2-3H3. The average molecular weight is 176 g/mol. The van der Waals surface area contributed by atoms with Crippen LogP contribution in [-0.2, 0) is 0 Å². The highest BCUT2D eigenvalue weighted by molar-refractivity contribution is 5.54. The van der Waals surface area contributed by atoms with E-state index in [2.05, 4.69) is 41.1 Å². The number of nitrogens with zero attached hydrogens (tertiary/aromatic N) is 1. The second-order valence-corrected chi connectivity index (χ2v) is 3.11. The molecule has 1 aromatic rings. The quantitative estimate of drug-likeness (QED) is 0.708. The zero-order valence-electron chi connectivity index (χ0n) is 8.25. The minimum atomic E-state index is 0.807. The lowest BCUT2D eigenvalue weighted by Crippen LogP contribution is -2.08. The molecule has 1 rings (SSSR count). The van der Waals surface area contributed by atoms with Gasteiger partial charge in [-0.2, -0.15) is 0 Å². The lowest BCUT2D eigenvalue weighted by atomic mass is 10.2. The molecule has 0 fully saturated rings. The number of anilines is 2. The monoisotopic (exact) mass is 176 g/mol. The first kappa shape index (κ1) is 9.65. The van der Waals surface area contributed by atoms with Crippen LogP contribution in [0.4, 0.5) is 11.4 Å². The molecule has 70 valence electrons. The Kier molecular flexibility index (Phi) is 3.38. The average Bonchev–Trinajstić information content (AvgIpc) is 2.15. The lowest BCUT2D eigenvalue weighted by molar-refractivity contribution is 1.13. The fraction of sp³-hybridized carbons (Fsp3) is 0.273. The molecular weight excluding hydrogens is 160 g/mol. The molecule has 0 unspecified atom stereocenters. The van der Waals surface area contributed by atoms with Gasteiger partial charge < -0.3 is 10.2 Å². The van der Waals surface area contributed by atoms with Crippen molar-refractivity contribution in [2.24, 2.45) is 0 Å². The van der Waals surface area contributed by atoms with Crippen LogP contribution in [0.5, 0.6) is 0 Å². The molecule has 0 radical (unpaired) electrons. The normalized spacial score (nSPS) is 9.38. The van der Waals surface area contributed by atoms with Gasteiger partial charge in [-0.25, -0.2) is 0 Å². The molecule has 0 saturated heterocycles. The van der Waals surface area contributed by atoms with Gasteiger partial charge in [-0.1, -0.05) is 6.08 Å². The Morgan fingerprint density at radius 1 is 1.31 bits per heavy atom. The Hall–Kier alpha value is -1.44. The molecule has 0 bridgehead atoms. The molecule has 0 spiro atoms. The van der Waals surface area contributed by atoms with Crippen molar-refractivity contribution in [3.8, 4) is 0 Å². The maximum Gasteiger partial charge on any atom is 0.0362 e. The zero-order chi connectivity index (χ0) is 9.68. The van der Waals surface area contributed by atoms with E-state index in [0.717, 1.165) is 12.2 Å². The van der Waals surface area contributed by atoms with Crippen molar-refractivity contribution in [3.63, 3.8) is 0 Å². The van der Waals surface area contributed by atoms with Crippen LogP contribution in [0.25, 0.3) is 0 Å². The highest BCUT2D eigenvalue weighted by atomic mass is 15.1. The number of nitrogens with one attached hydrogen (secondary N) is 1. The van der Waals surface area contributed by atoms with Gasteiger partial charge >= 0.3 is 0 Å². The van der Waals surface area contributed by atoms with Crippen molar-refractivity contribution in [2.45, 2.75) is 0 Å². The Balaban J connectivity index is 2.64. The molecule has 2 nitrogen and oxygen atoms in total. The second-order valence-electron chi connectivity index (χ2n) is 3.11. The van der Waals surface area contributed by atoms with E-state index in [1.807, 2.05) is 20.2 Å². The topological polar surface area (TPSA) is 15.3 Å². The predicted molar refractivity (Wildman–Crippen MR) is 59.5 cm³/mol. The lowest BCUT2D eigenvalue weighted by Gasteiger charge is -2.12. The second kappa shape index (κ2) is 4.55. The number of benzene rings is 1. The Labute approximate surface area is 79.9 Å². The van der Waals surface area contributed by atoms with E-state index in [1.54, 1.807) is 0 Å². The maximum atomic E-state index is 3.65. The summed E-state index contributed by atoms with van der Waals surface area (Å²) in [6.45, 7) is 4.46. The van der Waals surface area contributed by atoms with Crippen molar-refractivity contribution in [2.75, 3.05) is 30.9 Å². The van der Waals surface area contributed by atoms with Gasteiger partial charge in [0.2, 0.25) is 0 Å². The third-order valence-corrected chi connectivity index (χ3v) is 1.83. The first-order chi connectivity index (χ1) is 6.24. The third kappa shape index (κ3) is 2.82.